The van der Waals surface area contributed by atoms with E-state index < -0.39 is 41.0 Å². The molecular formula is C24H32N6O5. The lowest BCUT2D eigenvalue weighted by Crippen LogP contribution is -2.59. The zero-order chi connectivity index (χ0) is 25.1. The van der Waals surface area contributed by atoms with E-state index in [4.69, 9.17) is 4.74 Å². The van der Waals surface area contributed by atoms with Crippen LogP contribution in [0.4, 0.5) is 0 Å². The quantitative estimate of drug-likeness (QED) is 0.504. The van der Waals surface area contributed by atoms with Crippen LogP contribution in [0.25, 0.3) is 11.0 Å². The highest BCUT2D eigenvalue weighted by molar-refractivity contribution is 5.99. The summed E-state index contributed by atoms with van der Waals surface area (Å²) < 4.78 is 8.10. The lowest BCUT2D eigenvalue weighted by atomic mass is 9.66. The summed E-state index contributed by atoms with van der Waals surface area (Å²) in [6.45, 7) is 5.39. The number of ether oxygens (including phenoxy) is 1. The molecule has 3 amide bonds. The molecule has 3 aliphatic rings. The first kappa shape index (κ1) is 23.7. The number of nitrogens with zero attached hydrogens (tertiary/aromatic N) is 4. The van der Waals surface area contributed by atoms with Crippen molar-refractivity contribution in [3.8, 4) is 0 Å². The molecule has 4 heterocycles. The Morgan fingerprint density at radius 2 is 2.00 bits per heavy atom. The minimum Gasteiger partial charge on any atom is -0.394 e. The van der Waals surface area contributed by atoms with Gasteiger partial charge in [-0.2, -0.15) is 0 Å². The molecule has 0 aliphatic carbocycles. The molecule has 2 aromatic rings. The summed E-state index contributed by atoms with van der Waals surface area (Å²) in [5, 5.41) is 24.0. The molecule has 3 aliphatic heterocycles. The van der Waals surface area contributed by atoms with E-state index in [1.807, 2.05) is 45.0 Å². The van der Waals surface area contributed by atoms with Crippen LogP contribution < -0.4 is 10.6 Å². The van der Waals surface area contributed by atoms with Crippen LogP contribution in [0.5, 0.6) is 0 Å². The van der Waals surface area contributed by atoms with Crippen molar-refractivity contribution in [2.45, 2.75) is 63.6 Å². The third-order valence-electron chi connectivity index (χ3n) is 8.13. The lowest BCUT2D eigenvalue weighted by molar-refractivity contribution is -0.151. The molecular weight excluding hydrogens is 452 g/mol. The molecule has 2 unspecified atom stereocenters. The van der Waals surface area contributed by atoms with Gasteiger partial charge in [-0.3, -0.25) is 14.4 Å². The number of para-hydroxylation sites is 1. The van der Waals surface area contributed by atoms with Crippen LogP contribution in [0.1, 0.15) is 33.6 Å². The number of carbonyl (C=O) groups is 3. The molecule has 3 N–H and O–H groups in total. The van der Waals surface area contributed by atoms with Gasteiger partial charge < -0.3 is 25.4 Å². The van der Waals surface area contributed by atoms with Gasteiger partial charge in [0.25, 0.3) is 0 Å². The summed E-state index contributed by atoms with van der Waals surface area (Å²) in [5.41, 5.74) is -0.499. The van der Waals surface area contributed by atoms with E-state index in [1.54, 1.807) is 11.7 Å². The molecule has 0 radical (unpaired) electrons. The summed E-state index contributed by atoms with van der Waals surface area (Å²) in [6.07, 6.45) is 1.04. The highest BCUT2D eigenvalue weighted by Crippen LogP contribution is 2.63. The Hall–Kier alpha value is -3.05. The van der Waals surface area contributed by atoms with Crippen LogP contribution in [0.15, 0.2) is 24.3 Å². The molecule has 2 bridgehead atoms. The second-order valence-corrected chi connectivity index (χ2v) is 10.4. The van der Waals surface area contributed by atoms with Crippen LogP contribution in [0.3, 0.4) is 0 Å². The maximum absolute atomic E-state index is 13.9. The molecule has 188 valence electrons. The van der Waals surface area contributed by atoms with Crippen molar-refractivity contribution in [3.63, 3.8) is 0 Å². The van der Waals surface area contributed by atoms with Gasteiger partial charge in [0.15, 0.2) is 0 Å². The number of likely N-dealkylation sites (tertiary alicyclic amines) is 1. The Morgan fingerprint density at radius 3 is 2.69 bits per heavy atom. The Labute approximate surface area is 203 Å². The SMILES string of the molecule is CNC(=O)[C@@H]1[C@H]2C(=O)N([C@@H](CO)C(C)C)C(C(=O)NCn3nnc4ccccc43)C23CC[C@@]1(C)O3. The average Bonchev–Trinajstić information content (AvgIpc) is 3.53. The predicted octanol–water partition coefficient (Wildman–Crippen LogP) is 0.0326. The van der Waals surface area contributed by atoms with Crippen molar-refractivity contribution in [1.29, 1.82) is 0 Å². The minimum absolute atomic E-state index is 0.0558. The highest BCUT2D eigenvalue weighted by Gasteiger charge is 2.78. The van der Waals surface area contributed by atoms with Gasteiger partial charge in [0.1, 0.15) is 23.8 Å². The number of aromatic nitrogens is 3. The number of hydrogen-bond acceptors (Lipinski definition) is 7. The summed E-state index contributed by atoms with van der Waals surface area (Å²) in [5.74, 6) is -2.60. The normalized spacial score (nSPS) is 32.3. The number of nitrogens with one attached hydrogen (secondary N) is 2. The lowest BCUT2D eigenvalue weighted by Gasteiger charge is -2.38. The van der Waals surface area contributed by atoms with Gasteiger partial charge in [-0.1, -0.05) is 31.2 Å². The van der Waals surface area contributed by atoms with Gasteiger partial charge in [-0.05, 0) is 37.8 Å². The maximum Gasteiger partial charge on any atom is 0.247 e. The van der Waals surface area contributed by atoms with E-state index in [0.717, 1.165) is 5.52 Å². The number of fused-ring (bicyclic) bond motifs is 2. The first-order valence-electron chi connectivity index (χ1n) is 12.1. The monoisotopic (exact) mass is 484 g/mol. The summed E-state index contributed by atoms with van der Waals surface area (Å²) in [7, 11) is 1.54. The van der Waals surface area contributed by atoms with Crippen molar-refractivity contribution in [1.82, 2.24) is 30.5 Å². The van der Waals surface area contributed by atoms with Crippen LogP contribution in [0, 0.1) is 17.8 Å². The molecule has 6 atom stereocenters. The molecule has 1 spiro atoms. The van der Waals surface area contributed by atoms with Gasteiger partial charge in [-0.15, -0.1) is 5.10 Å². The van der Waals surface area contributed by atoms with Gasteiger partial charge in [0.05, 0.1) is 35.6 Å². The van der Waals surface area contributed by atoms with Crippen molar-refractivity contribution >= 4 is 28.8 Å². The Morgan fingerprint density at radius 1 is 1.26 bits per heavy atom. The van der Waals surface area contributed by atoms with Crippen LogP contribution in [-0.2, 0) is 25.8 Å². The fourth-order valence-corrected chi connectivity index (χ4v) is 6.48. The number of carbonyl (C=O) groups excluding carboxylic acids is 3. The molecule has 11 nitrogen and oxygen atoms in total. The fraction of sp³-hybridized carbons (Fsp3) is 0.625. The largest absolute Gasteiger partial charge is 0.394 e. The zero-order valence-corrected chi connectivity index (χ0v) is 20.4. The van der Waals surface area contributed by atoms with E-state index >= 15 is 0 Å². The number of hydrogen-bond donors (Lipinski definition) is 3. The summed E-state index contributed by atoms with van der Waals surface area (Å²) in [6, 6.07) is 5.85. The van der Waals surface area contributed by atoms with Crippen molar-refractivity contribution in [3.05, 3.63) is 24.3 Å². The first-order chi connectivity index (χ1) is 16.7. The van der Waals surface area contributed by atoms with Crippen LogP contribution in [-0.4, -0.2) is 79.7 Å². The van der Waals surface area contributed by atoms with Gasteiger partial charge in [0.2, 0.25) is 17.7 Å². The maximum atomic E-state index is 13.9. The molecule has 1 aromatic heterocycles. The summed E-state index contributed by atoms with van der Waals surface area (Å²) in [4.78, 5) is 42.1. The van der Waals surface area contributed by atoms with Crippen molar-refractivity contribution in [2.24, 2.45) is 17.8 Å². The van der Waals surface area contributed by atoms with E-state index in [9.17, 15) is 19.5 Å². The summed E-state index contributed by atoms with van der Waals surface area (Å²) >= 11 is 0. The average molecular weight is 485 g/mol. The Bertz CT molecular complexity index is 1180. The van der Waals surface area contributed by atoms with Crippen LogP contribution in [0.2, 0.25) is 0 Å². The number of aliphatic hydroxyl groups is 1. The number of rotatable bonds is 7. The minimum atomic E-state index is -1.14. The Balaban J connectivity index is 1.51. The predicted molar refractivity (Wildman–Crippen MR) is 125 cm³/mol. The van der Waals surface area contributed by atoms with E-state index in [0.29, 0.717) is 18.4 Å². The number of aliphatic hydroxyl groups excluding tert-OH is 1. The van der Waals surface area contributed by atoms with Crippen molar-refractivity contribution in [2.75, 3.05) is 13.7 Å². The van der Waals surface area contributed by atoms with E-state index in [1.165, 1.54) is 4.90 Å². The standard InChI is InChI=1S/C24H32N6O5/c1-13(2)16(11-31)30-19(21(33)26-12-29-15-8-6-5-7-14(15)27-28-29)24-10-9-23(3,35-24)17(20(32)25-4)18(24)22(30)34/h5-8,13,16-19,31H,9-12H2,1-4H3,(H,25,32)(H,26,33)/t16-,17-,18-,19?,23+,24?/m0/s1. The fourth-order valence-electron chi connectivity index (χ4n) is 6.48. The second-order valence-electron chi connectivity index (χ2n) is 10.4. The topological polar surface area (TPSA) is 139 Å². The zero-order valence-electron chi connectivity index (χ0n) is 20.4. The molecule has 0 saturated carbocycles. The number of benzene rings is 1. The van der Waals surface area contributed by atoms with Gasteiger partial charge in [-0.25, -0.2) is 4.68 Å². The molecule has 3 fully saturated rings. The molecule has 35 heavy (non-hydrogen) atoms. The van der Waals surface area contributed by atoms with E-state index in [2.05, 4.69) is 20.9 Å². The van der Waals surface area contributed by atoms with Gasteiger partial charge in [0, 0.05) is 7.05 Å². The third-order valence-corrected chi connectivity index (χ3v) is 8.13. The number of amides is 3. The van der Waals surface area contributed by atoms with E-state index in [-0.39, 0.29) is 31.0 Å². The molecule has 1 aromatic carbocycles. The first-order valence-corrected chi connectivity index (χ1v) is 12.1. The molecule has 3 saturated heterocycles. The van der Waals surface area contributed by atoms with Gasteiger partial charge >= 0.3 is 0 Å². The highest BCUT2D eigenvalue weighted by atomic mass is 16.5. The third kappa shape index (κ3) is 3.28. The second kappa shape index (κ2) is 8.27. The molecule has 5 rings (SSSR count). The van der Waals surface area contributed by atoms with Crippen molar-refractivity contribution < 1.29 is 24.2 Å². The van der Waals surface area contributed by atoms with Crippen LogP contribution >= 0.6 is 0 Å². The Kier molecular flexibility index (Phi) is 5.59. The molecule has 11 heteroatoms. The smallest absolute Gasteiger partial charge is 0.247 e.